The molecule has 0 aliphatic carbocycles. The van der Waals surface area contributed by atoms with Gasteiger partial charge in [0.15, 0.2) is 0 Å². The number of morpholine rings is 1. The van der Waals surface area contributed by atoms with Gasteiger partial charge in [-0.1, -0.05) is 5.16 Å². The number of likely N-dealkylation sites (N-methyl/N-ethyl adjacent to an activating group) is 1. The number of halogens is 1. The van der Waals surface area contributed by atoms with Crippen molar-refractivity contribution in [2.45, 2.75) is 45.1 Å². The SMILES string of the molecule is Cc1noc(C)c1CN1C[C@@H](F)C[C@H]1CNC(=O)C1CN(C)CCO1. The van der Waals surface area contributed by atoms with Crippen molar-refractivity contribution in [1.29, 1.82) is 0 Å². The third-order valence-electron chi connectivity index (χ3n) is 5.09. The summed E-state index contributed by atoms with van der Waals surface area (Å²) in [7, 11) is 1.97. The zero-order valence-corrected chi connectivity index (χ0v) is 15.1. The molecule has 2 saturated heterocycles. The fourth-order valence-electron chi connectivity index (χ4n) is 3.53. The Balaban J connectivity index is 1.56. The molecule has 1 aromatic heterocycles. The summed E-state index contributed by atoms with van der Waals surface area (Å²) < 4.78 is 24.7. The molecule has 25 heavy (non-hydrogen) atoms. The molecular formula is C17H27FN4O3. The van der Waals surface area contributed by atoms with Gasteiger partial charge >= 0.3 is 0 Å². The van der Waals surface area contributed by atoms with E-state index in [9.17, 15) is 9.18 Å². The van der Waals surface area contributed by atoms with Gasteiger partial charge in [0.1, 0.15) is 18.0 Å². The lowest BCUT2D eigenvalue weighted by Crippen LogP contribution is -2.50. The summed E-state index contributed by atoms with van der Waals surface area (Å²) in [6.07, 6.45) is -0.897. The maximum atomic E-state index is 14.0. The summed E-state index contributed by atoms with van der Waals surface area (Å²) in [6.45, 7) is 7.12. The number of aromatic nitrogens is 1. The van der Waals surface area contributed by atoms with Crippen LogP contribution in [0, 0.1) is 13.8 Å². The predicted octanol–water partition coefficient (Wildman–Crippen LogP) is 0.651. The van der Waals surface area contributed by atoms with E-state index in [1.54, 1.807) is 0 Å². The van der Waals surface area contributed by atoms with E-state index in [0.29, 0.717) is 39.2 Å². The number of ether oxygens (including phenoxy) is 1. The van der Waals surface area contributed by atoms with Crippen LogP contribution in [0.3, 0.4) is 0 Å². The summed E-state index contributed by atoms with van der Waals surface area (Å²) in [5.41, 5.74) is 1.84. The number of hydrogen-bond acceptors (Lipinski definition) is 6. The number of carbonyl (C=O) groups excluding carboxylic acids is 1. The van der Waals surface area contributed by atoms with Crippen LogP contribution in [0.2, 0.25) is 0 Å². The lowest BCUT2D eigenvalue weighted by molar-refractivity contribution is -0.138. The van der Waals surface area contributed by atoms with Gasteiger partial charge < -0.3 is 19.5 Å². The second kappa shape index (κ2) is 7.80. The number of alkyl halides is 1. The largest absolute Gasteiger partial charge is 0.366 e. The van der Waals surface area contributed by atoms with Gasteiger partial charge in [0.2, 0.25) is 0 Å². The maximum Gasteiger partial charge on any atom is 0.250 e. The highest BCUT2D eigenvalue weighted by atomic mass is 19.1. The Morgan fingerprint density at radius 3 is 2.88 bits per heavy atom. The molecule has 0 radical (unpaired) electrons. The van der Waals surface area contributed by atoms with E-state index in [0.717, 1.165) is 23.6 Å². The Hall–Kier alpha value is -1.51. The van der Waals surface area contributed by atoms with Crippen molar-refractivity contribution < 1.29 is 18.4 Å². The van der Waals surface area contributed by atoms with E-state index in [1.807, 2.05) is 20.9 Å². The fraction of sp³-hybridized carbons (Fsp3) is 0.765. The van der Waals surface area contributed by atoms with E-state index in [2.05, 4.69) is 20.3 Å². The third-order valence-corrected chi connectivity index (χ3v) is 5.09. The van der Waals surface area contributed by atoms with Crippen molar-refractivity contribution in [2.24, 2.45) is 0 Å². The van der Waals surface area contributed by atoms with Gasteiger partial charge in [-0.3, -0.25) is 9.69 Å². The van der Waals surface area contributed by atoms with Crippen LogP contribution in [-0.4, -0.2) is 79.0 Å². The summed E-state index contributed by atoms with van der Waals surface area (Å²) in [6, 6.07) is -0.0334. The molecule has 1 amide bonds. The molecule has 140 valence electrons. The van der Waals surface area contributed by atoms with Crippen molar-refractivity contribution in [3.05, 3.63) is 17.0 Å². The second-order valence-corrected chi connectivity index (χ2v) is 7.09. The summed E-state index contributed by atoms with van der Waals surface area (Å²) in [5.74, 6) is 0.646. The van der Waals surface area contributed by atoms with Crippen LogP contribution in [0.25, 0.3) is 0 Å². The molecule has 0 aromatic carbocycles. The van der Waals surface area contributed by atoms with E-state index in [4.69, 9.17) is 9.26 Å². The van der Waals surface area contributed by atoms with Crippen LogP contribution < -0.4 is 5.32 Å². The molecule has 2 fully saturated rings. The first-order valence-electron chi connectivity index (χ1n) is 8.81. The zero-order chi connectivity index (χ0) is 18.0. The molecule has 7 nitrogen and oxygen atoms in total. The minimum Gasteiger partial charge on any atom is -0.366 e. The second-order valence-electron chi connectivity index (χ2n) is 7.09. The van der Waals surface area contributed by atoms with Crippen molar-refractivity contribution >= 4 is 5.91 Å². The predicted molar refractivity (Wildman–Crippen MR) is 89.9 cm³/mol. The van der Waals surface area contributed by atoms with E-state index < -0.39 is 12.3 Å². The quantitative estimate of drug-likeness (QED) is 0.837. The number of likely N-dealkylation sites (tertiary alicyclic amines) is 1. The highest BCUT2D eigenvalue weighted by Crippen LogP contribution is 2.24. The summed E-state index contributed by atoms with van der Waals surface area (Å²) in [5, 5.41) is 6.89. The van der Waals surface area contributed by atoms with Gasteiger partial charge in [-0.05, 0) is 27.3 Å². The Kier molecular flexibility index (Phi) is 5.71. The minimum absolute atomic E-state index is 0.0334. The van der Waals surface area contributed by atoms with Gasteiger partial charge in [-0.15, -0.1) is 0 Å². The Labute approximate surface area is 147 Å². The number of amides is 1. The van der Waals surface area contributed by atoms with E-state index in [-0.39, 0.29) is 11.9 Å². The van der Waals surface area contributed by atoms with Crippen molar-refractivity contribution in [2.75, 3.05) is 39.8 Å². The highest BCUT2D eigenvalue weighted by molar-refractivity contribution is 5.81. The molecule has 2 aliphatic heterocycles. The van der Waals surface area contributed by atoms with Crippen molar-refractivity contribution in [3.8, 4) is 0 Å². The highest BCUT2D eigenvalue weighted by Gasteiger charge is 2.34. The van der Waals surface area contributed by atoms with Gasteiger partial charge in [0, 0.05) is 44.3 Å². The molecule has 8 heteroatoms. The van der Waals surface area contributed by atoms with Crippen LogP contribution in [0.4, 0.5) is 4.39 Å². The third kappa shape index (κ3) is 4.37. The first kappa shape index (κ1) is 18.3. The first-order valence-corrected chi connectivity index (χ1v) is 8.81. The number of hydrogen-bond donors (Lipinski definition) is 1. The Morgan fingerprint density at radius 2 is 2.20 bits per heavy atom. The topological polar surface area (TPSA) is 70.8 Å². The fourth-order valence-corrected chi connectivity index (χ4v) is 3.53. The average Bonchev–Trinajstić information content (AvgIpc) is 3.09. The summed E-state index contributed by atoms with van der Waals surface area (Å²) in [4.78, 5) is 16.4. The molecule has 1 aromatic rings. The molecule has 3 heterocycles. The monoisotopic (exact) mass is 354 g/mol. The number of rotatable bonds is 5. The lowest BCUT2D eigenvalue weighted by atomic mass is 10.1. The zero-order valence-electron chi connectivity index (χ0n) is 15.1. The molecule has 3 rings (SSSR count). The Bertz CT molecular complexity index is 589. The van der Waals surface area contributed by atoms with Crippen LogP contribution in [0.1, 0.15) is 23.4 Å². The minimum atomic E-state index is -0.876. The van der Waals surface area contributed by atoms with Crippen LogP contribution >= 0.6 is 0 Å². The molecule has 0 saturated carbocycles. The first-order chi connectivity index (χ1) is 11.9. The van der Waals surface area contributed by atoms with Gasteiger partial charge in [-0.2, -0.15) is 0 Å². The number of carbonyl (C=O) groups is 1. The van der Waals surface area contributed by atoms with E-state index in [1.165, 1.54) is 0 Å². The molecule has 0 bridgehead atoms. The number of aryl methyl sites for hydroxylation is 2. The molecule has 1 unspecified atom stereocenters. The van der Waals surface area contributed by atoms with Gasteiger partial charge in [0.25, 0.3) is 5.91 Å². The van der Waals surface area contributed by atoms with Crippen molar-refractivity contribution in [3.63, 3.8) is 0 Å². The maximum absolute atomic E-state index is 14.0. The molecule has 2 aliphatic rings. The van der Waals surface area contributed by atoms with E-state index >= 15 is 0 Å². The molecule has 0 spiro atoms. The lowest BCUT2D eigenvalue weighted by Gasteiger charge is -2.30. The molecular weight excluding hydrogens is 327 g/mol. The molecule has 1 N–H and O–H groups in total. The molecule has 3 atom stereocenters. The normalized spacial score (nSPS) is 28.4. The van der Waals surface area contributed by atoms with Crippen LogP contribution in [-0.2, 0) is 16.1 Å². The van der Waals surface area contributed by atoms with Crippen molar-refractivity contribution in [1.82, 2.24) is 20.3 Å². The van der Waals surface area contributed by atoms with Crippen LogP contribution in [0.5, 0.6) is 0 Å². The van der Waals surface area contributed by atoms with Crippen LogP contribution in [0.15, 0.2) is 4.52 Å². The smallest absolute Gasteiger partial charge is 0.250 e. The van der Waals surface area contributed by atoms with Gasteiger partial charge in [0.05, 0.1) is 12.3 Å². The summed E-state index contributed by atoms with van der Waals surface area (Å²) >= 11 is 0. The number of nitrogens with one attached hydrogen (secondary N) is 1. The standard InChI is InChI=1S/C17H27FN4O3/c1-11-15(12(2)25-20-11)9-22-8-13(18)6-14(22)7-19-17(23)16-10-21(3)4-5-24-16/h13-14,16H,4-10H2,1-3H3,(H,19,23)/t13-,14-,16?/m0/s1. The number of nitrogens with zero attached hydrogens (tertiary/aromatic N) is 3. The Morgan fingerprint density at radius 1 is 1.40 bits per heavy atom. The average molecular weight is 354 g/mol. The van der Waals surface area contributed by atoms with Gasteiger partial charge in [-0.25, -0.2) is 4.39 Å².